The second-order valence-corrected chi connectivity index (χ2v) is 3.61. The quantitative estimate of drug-likeness (QED) is 0.456. The monoisotopic (exact) mass is 245 g/mol. The van der Waals surface area contributed by atoms with E-state index in [1.165, 1.54) is 0 Å². The van der Waals surface area contributed by atoms with Crippen LogP contribution in [0.2, 0.25) is 0 Å². The highest BCUT2D eigenvalue weighted by molar-refractivity contribution is 5.65. The van der Waals surface area contributed by atoms with Crippen LogP contribution >= 0.6 is 0 Å². The fraction of sp³-hybridized carbons (Fsp3) is 0.100. The smallest absolute Gasteiger partial charge is 0.180 e. The van der Waals surface area contributed by atoms with Crippen LogP contribution in [0.3, 0.4) is 0 Å². The van der Waals surface area contributed by atoms with E-state index >= 15 is 0 Å². The lowest BCUT2D eigenvalue weighted by molar-refractivity contribution is 0.388. The second kappa shape index (κ2) is 4.34. The van der Waals surface area contributed by atoms with Crippen molar-refractivity contribution in [3.8, 4) is 0 Å². The highest BCUT2D eigenvalue weighted by Crippen LogP contribution is 2.16. The summed E-state index contributed by atoms with van der Waals surface area (Å²) in [4.78, 5) is 8.52. The van der Waals surface area contributed by atoms with E-state index in [0.29, 0.717) is 29.6 Å². The Morgan fingerprint density at radius 3 is 3.11 bits per heavy atom. The molecule has 3 aromatic heterocycles. The summed E-state index contributed by atoms with van der Waals surface area (Å²) >= 11 is 0. The topological polar surface area (TPSA) is 106 Å². The van der Waals surface area contributed by atoms with E-state index in [-0.39, 0.29) is 0 Å². The molecule has 3 aromatic rings. The molecule has 0 aliphatic rings. The van der Waals surface area contributed by atoms with E-state index in [1.807, 2.05) is 10.6 Å². The number of rotatable bonds is 4. The second-order valence-electron chi connectivity index (χ2n) is 3.61. The lowest BCUT2D eigenvalue weighted by Gasteiger charge is -2.07. The first-order valence-electron chi connectivity index (χ1n) is 5.30. The van der Waals surface area contributed by atoms with Crippen LogP contribution in [0.1, 0.15) is 5.76 Å². The first-order valence-corrected chi connectivity index (χ1v) is 5.30. The van der Waals surface area contributed by atoms with E-state index < -0.39 is 0 Å². The minimum absolute atomic E-state index is 0.476. The molecule has 0 unspecified atom stereocenters. The third-order valence-corrected chi connectivity index (χ3v) is 2.44. The van der Waals surface area contributed by atoms with Crippen molar-refractivity contribution in [1.82, 2.24) is 19.5 Å². The molecule has 0 atom stereocenters. The highest BCUT2D eigenvalue weighted by Gasteiger charge is 2.07. The minimum Gasteiger partial charge on any atom is -0.360 e. The summed E-state index contributed by atoms with van der Waals surface area (Å²) in [7, 11) is 0. The maximum Gasteiger partial charge on any atom is 0.180 e. The number of aromatic nitrogens is 4. The van der Waals surface area contributed by atoms with Crippen molar-refractivity contribution in [3.63, 3.8) is 0 Å². The van der Waals surface area contributed by atoms with Crippen LogP contribution in [0, 0.1) is 0 Å². The molecule has 0 spiro atoms. The van der Waals surface area contributed by atoms with Gasteiger partial charge in [-0.05, 0) is 0 Å². The van der Waals surface area contributed by atoms with Crippen molar-refractivity contribution in [1.29, 1.82) is 0 Å². The standard InChI is InChI=1S/C10H11N7O/c11-16-8-6-17-4-3-12-10(17)9(15-8)13-5-7-1-2-14-18-7/h1-4,6,16H,5,11H2,(H,13,15). The van der Waals surface area contributed by atoms with E-state index in [4.69, 9.17) is 10.4 Å². The molecule has 0 saturated heterocycles. The molecule has 4 N–H and O–H groups in total. The van der Waals surface area contributed by atoms with Crippen LogP contribution in [-0.4, -0.2) is 19.5 Å². The third kappa shape index (κ3) is 1.84. The van der Waals surface area contributed by atoms with Crippen molar-refractivity contribution in [3.05, 3.63) is 36.6 Å². The van der Waals surface area contributed by atoms with Gasteiger partial charge in [-0.3, -0.25) is 0 Å². The number of nitrogen functional groups attached to an aromatic ring is 1. The van der Waals surface area contributed by atoms with Crippen molar-refractivity contribution < 1.29 is 4.52 Å². The molecule has 8 heteroatoms. The predicted octanol–water partition coefficient (Wildman–Crippen LogP) is 0.615. The summed E-state index contributed by atoms with van der Waals surface area (Å²) in [5.74, 6) is 7.24. The Bertz CT molecular complexity index is 645. The van der Waals surface area contributed by atoms with Crippen LogP contribution in [0.4, 0.5) is 11.6 Å². The van der Waals surface area contributed by atoms with E-state index in [0.717, 1.165) is 0 Å². The van der Waals surface area contributed by atoms with Gasteiger partial charge in [0.15, 0.2) is 23.0 Å². The zero-order valence-corrected chi connectivity index (χ0v) is 9.37. The highest BCUT2D eigenvalue weighted by atomic mass is 16.5. The molecule has 0 aliphatic carbocycles. The Labute approximate surface area is 102 Å². The lowest BCUT2D eigenvalue weighted by Crippen LogP contribution is -2.12. The molecule has 0 aromatic carbocycles. The fourth-order valence-corrected chi connectivity index (χ4v) is 1.62. The number of anilines is 2. The van der Waals surface area contributed by atoms with Crippen molar-refractivity contribution in [2.24, 2.45) is 5.84 Å². The molecule has 0 radical (unpaired) electrons. The molecule has 18 heavy (non-hydrogen) atoms. The predicted molar refractivity (Wildman–Crippen MR) is 64.6 cm³/mol. The van der Waals surface area contributed by atoms with Crippen molar-refractivity contribution in [2.75, 3.05) is 10.7 Å². The summed E-state index contributed by atoms with van der Waals surface area (Å²) in [5.41, 5.74) is 3.22. The molecule has 0 saturated carbocycles. The Kier molecular flexibility index (Phi) is 2.54. The van der Waals surface area contributed by atoms with Crippen molar-refractivity contribution >= 4 is 17.3 Å². The average Bonchev–Trinajstić information content (AvgIpc) is 3.06. The van der Waals surface area contributed by atoms with Crippen LogP contribution in [-0.2, 0) is 6.54 Å². The number of nitrogens with zero attached hydrogens (tertiary/aromatic N) is 4. The maximum absolute atomic E-state index is 5.37. The molecular formula is C10H11N7O. The molecule has 0 aliphatic heterocycles. The van der Waals surface area contributed by atoms with Gasteiger partial charge in [0.2, 0.25) is 0 Å². The van der Waals surface area contributed by atoms with Gasteiger partial charge in [-0.25, -0.2) is 15.8 Å². The third-order valence-electron chi connectivity index (χ3n) is 2.44. The van der Waals surface area contributed by atoms with Gasteiger partial charge in [0.25, 0.3) is 0 Å². The minimum atomic E-state index is 0.476. The van der Waals surface area contributed by atoms with Gasteiger partial charge in [0.1, 0.15) is 0 Å². The molecule has 0 amide bonds. The maximum atomic E-state index is 5.37. The van der Waals surface area contributed by atoms with Gasteiger partial charge < -0.3 is 19.7 Å². The van der Waals surface area contributed by atoms with Gasteiger partial charge in [-0.1, -0.05) is 5.16 Å². The van der Waals surface area contributed by atoms with Gasteiger partial charge in [0.05, 0.1) is 18.9 Å². The van der Waals surface area contributed by atoms with Crippen LogP contribution in [0.5, 0.6) is 0 Å². The van der Waals surface area contributed by atoms with E-state index in [2.05, 4.69) is 25.9 Å². The zero-order chi connectivity index (χ0) is 12.4. The number of fused-ring (bicyclic) bond motifs is 1. The summed E-state index contributed by atoms with van der Waals surface area (Å²) in [6.07, 6.45) is 6.85. The summed E-state index contributed by atoms with van der Waals surface area (Å²) in [5, 5.41) is 6.76. The number of hydrazine groups is 1. The summed E-state index contributed by atoms with van der Waals surface area (Å²) < 4.78 is 6.82. The normalized spacial score (nSPS) is 10.7. The Balaban J connectivity index is 1.92. The molecule has 8 nitrogen and oxygen atoms in total. The molecule has 92 valence electrons. The van der Waals surface area contributed by atoms with Crippen LogP contribution in [0.25, 0.3) is 5.65 Å². The number of imidazole rings is 1. The fourth-order valence-electron chi connectivity index (χ4n) is 1.62. The number of nitrogens with one attached hydrogen (secondary N) is 2. The molecular weight excluding hydrogens is 234 g/mol. The first kappa shape index (κ1) is 10.5. The Morgan fingerprint density at radius 1 is 1.39 bits per heavy atom. The summed E-state index contributed by atoms with van der Waals surface area (Å²) in [6, 6.07) is 1.78. The molecule has 3 rings (SSSR count). The van der Waals surface area contributed by atoms with Gasteiger partial charge >= 0.3 is 0 Å². The SMILES string of the molecule is NNc1cn2ccnc2c(NCc2ccno2)n1. The first-order chi connectivity index (χ1) is 8.86. The van der Waals surface area contributed by atoms with Crippen LogP contribution in [0.15, 0.2) is 35.4 Å². The Morgan fingerprint density at radius 2 is 2.33 bits per heavy atom. The van der Waals surface area contributed by atoms with Crippen LogP contribution < -0.4 is 16.6 Å². The number of hydrogen-bond acceptors (Lipinski definition) is 7. The molecule has 0 fully saturated rings. The summed E-state index contributed by atoms with van der Waals surface area (Å²) in [6.45, 7) is 0.476. The number of nitrogens with two attached hydrogens (primary N) is 1. The lowest BCUT2D eigenvalue weighted by atomic mass is 10.4. The van der Waals surface area contributed by atoms with Gasteiger partial charge in [0, 0.05) is 18.5 Å². The zero-order valence-electron chi connectivity index (χ0n) is 9.37. The average molecular weight is 245 g/mol. The van der Waals surface area contributed by atoms with Crippen molar-refractivity contribution in [2.45, 2.75) is 6.54 Å². The molecule has 0 bridgehead atoms. The number of hydrogen-bond donors (Lipinski definition) is 3. The van der Waals surface area contributed by atoms with Gasteiger partial charge in [-0.2, -0.15) is 0 Å². The largest absolute Gasteiger partial charge is 0.360 e. The Hall–Kier alpha value is -2.61. The molecule has 3 heterocycles. The van der Waals surface area contributed by atoms with Gasteiger partial charge in [-0.15, -0.1) is 0 Å². The van der Waals surface area contributed by atoms with E-state index in [9.17, 15) is 0 Å². The van der Waals surface area contributed by atoms with E-state index in [1.54, 1.807) is 24.7 Å².